The smallest absolute Gasteiger partial charge is 0.345 e. The third kappa shape index (κ3) is 1.08. The van der Waals surface area contributed by atoms with Crippen LogP contribution in [0.5, 0.6) is 0 Å². The number of anilines is 1. The van der Waals surface area contributed by atoms with E-state index in [1.165, 1.54) is 11.3 Å². The van der Waals surface area contributed by atoms with E-state index in [4.69, 9.17) is 5.11 Å². The molecule has 0 atom stereocenters. The largest absolute Gasteiger partial charge is 0.477 e. The van der Waals surface area contributed by atoms with E-state index < -0.39 is 5.97 Å². The molecule has 0 saturated carbocycles. The van der Waals surface area contributed by atoms with Crippen molar-refractivity contribution < 1.29 is 9.90 Å². The zero-order chi connectivity index (χ0) is 8.55. The molecule has 0 radical (unpaired) electrons. The number of rotatable bonds is 1. The fraction of sp³-hybridized carbons (Fsp3) is 0.143. The summed E-state index contributed by atoms with van der Waals surface area (Å²) in [5.41, 5.74) is 0.864. The topological polar surface area (TPSA) is 61.7 Å². The number of hydrogen-bond acceptors (Lipinski definition) is 4. The summed E-state index contributed by atoms with van der Waals surface area (Å²) in [5, 5.41) is 12.6. The molecule has 0 saturated heterocycles. The van der Waals surface area contributed by atoms with Crippen LogP contribution in [0.2, 0.25) is 0 Å². The highest BCUT2D eigenvalue weighted by molar-refractivity contribution is 7.18. The Morgan fingerprint density at radius 2 is 2.58 bits per heavy atom. The average molecular weight is 182 g/mol. The molecule has 0 spiro atoms. The maximum Gasteiger partial charge on any atom is 0.345 e. The predicted octanol–water partition coefficient (Wildman–Crippen LogP) is 1.25. The van der Waals surface area contributed by atoms with E-state index >= 15 is 0 Å². The van der Waals surface area contributed by atoms with Crippen LogP contribution in [0.1, 0.15) is 15.2 Å². The highest BCUT2D eigenvalue weighted by Gasteiger charge is 2.13. The van der Waals surface area contributed by atoms with E-state index in [-0.39, 0.29) is 0 Å². The van der Waals surface area contributed by atoms with Crippen LogP contribution in [-0.4, -0.2) is 24.0 Å². The Morgan fingerprint density at radius 1 is 1.75 bits per heavy atom. The van der Waals surface area contributed by atoms with Crippen LogP contribution in [0.4, 0.5) is 5.00 Å². The van der Waals surface area contributed by atoms with E-state index in [1.807, 2.05) is 0 Å². The number of carboxylic acids is 1. The van der Waals surface area contributed by atoms with Crippen LogP contribution < -0.4 is 5.32 Å². The molecule has 0 amide bonds. The molecule has 4 nitrogen and oxygen atoms in total. The fourth-order valence-corrected chi connectivity index (χ4v) is 1.87. The summed E-state index contributed by atoms with van der Waals surface area (Å²) in [4.78, 5) is 14.9. The minimum absolute atomic E-state index is 0.348. The molecular formula is C7H6N2O2S. The lowest BCUT2D eigenvalue weighted by Gasteiger charge is -2.04. The van der Waals surface area contributed by atoms with Gasteiger partial charge in [-0.15, -0.1) is 11.3 Å². The van der Waals surface area contributed by atoms with Gasteiger partial charge >= 0.3 is 5.97 Å². The fourth-order valence-electron chi connectivity index (χ4n) is 1.01. The second-order valence-corrected chi connectivity index (χ2v) is 3.40. The van der Waals surface area contributed by atoms with Gasteiger partial charge in [0.05, 0.1) is 5.00 Å². The number of aliphatic imine (C=N–C) groups is 1. The third-order valence-corrected chi connectivity index (χ3v) is 2.63. The summed E-state index contributed by atoms with van der Waals surface area (Å²) in [6, 6.07) is 1.62. The van der Waals surface area contributed by atoms with E-state index in [0.717, 1.165) is 10.6 Å². The van der Waals surface area contributed by atoms with Gasteiger partial charge in [-0.3, -0.25) is 4.99 Å². The maximum atomic E-state index is 10.6. The zero-order valence-corrected chi connectivity index (χ0v) is 6.89. The zero-order valence-electron chi connectivity index (χ0n) is 6.07. The Kier molecular flexibility index (Phi) is 1.58. The second-order valence-electron chi connectivity index (χ2n) is 2.35. The van der Waals surface area contributed by atoms with Crippen LogP contribution in [0.25, 0.3) is 0 Å². The number of thiophene rings is 1. The molecule has 2 heterocycles. The van der Waals surface area contributed by atoms with Gasteiger partial charge in [-0.05, 0) is 6.07 Å². The molecule has 1 aromatic rings. The Hall–Kier alpha value is -1.36. The molecule has 1 aliphatic heterocycles. The van der Waals surface area contributed by atoms with Crippen molar-refractivity contribution >= 4 is 28.5 Å². The number of hydrogen-bond donors (Lipinski definition) is 2. The van der Waals surface area contributed by atoms with Crippen molar-refractivity contribution in [1.29, 1.82) is 0 Å². The number of nitrogens with zero attached hydrogens (tertiary/aromatic N) is 1. The van der Waals surface area contributed by atoms with Crippen LogP contribution in [0.15, 0.2) is 11.1 Å². The lowest BCUT2D eigenvalue weighted by atomic mass is 10.3. The summed E-state index contributed by atoms with van der Waals surface area (Å²) in [6.45, 7) is 0.534. The highest BCUT2D eigenvalue weighted by Crippen LogP contribution is 2.28. The minimum Gasteiger partial charge on any atom is -0.477 e. The summed E-state index contributed by atoms with van der Waals surface area (Å²) in [7, 11) is 0. The Balaban J connectivity index is 2.46. The van der Waals surface area contributed by atoms with Gasteiger partial charge < -0.3 is 10.4 Å². The standard InChI is InChI=1S/C7H6N2O2S/c10-7(11)5-1-4-2-8-3-9-6(4)12-5/h1-2,9H,3H2,(H,10,11). The van der Waals surface area contributed by atoms with Crippen LogP contribution in [0, 0.1) is 0 Å². The molecule has 62 valence electrons. The molecule has 12 heavy (non-hydrogen) atoms. The number of fused-ring (bicyclic) bond motifs is 1. The first-order chi connectivity index (χ1) is 5.77. The first-order valence-electron chi connectivity index (χ1n) is 3.38. The lowest BCUT2D eigenvalue weighted by Crippen LogP contribution is -2.03. The highest BCUT2D eigenvalue weighted by atomic mass is 32.1. The number of carboxylic acid groups (broad SMARTS) is 1. The molecule has 0 aliphatic carbocycles. The molecule has 2 N–H and O–H groups in total. The summed E-state index contributed by atoms with van der Waals surface area (Å²) in [5.74, 6) is -0.885. The number of nitrogens with one attached hydrogen (secondary N) is 1. The molecule has 1 aromatic heterocycles. The molecule has 5 heteroatoms. The Labute approximate surface area is 72.6 Å². The van der Waals surface area contributed by atoms with Crippen molar-refractivity contribution in [2.75, 3.05) is 12.0 Å². The van der Waals surface area contributed by atoms with Gasteiger partial charge in [0.25, 0.3) is 0 Å². The Bertz CT molecular complexity index is 356. The normalized spacial score (nSPS) is 13.7. The maximum absolute atomic E-state index is 10.6. The van der Waals surface area contributed by atoms with E-state index in [9.17, 15) is 4.79 Å². The monoisotopic (exact) mass is 182 g/mol. The van der Waals surface area contributed by atoms with Gasteiger partial charge in [0, 0.05) is 11.8 Å². The van der Waals surface area contributed by atoms with Crippen molar-refractivity contribution in [2.45, 2.75) is 0 Å². The molecule has 0 unspecified atom stereocenters. The summed E-state index contributed by atoms with van der Waals surface area (Å²) >= 11 is 1.24. The van der Waals surface area contributed by atoms with Crippen molar-refractivity contribution in [1.82, 2.24) is 0 Å². The minimum atomic E-state index is -0.885. The van der Waals surface area contributed by atoms with Crippen molar-refractivity contribution in [2.24, 2.45) is 4.99 Å². The van der Waals surface area contributed by atoms with Crippen molar-refractivity contribution in [3.8, 4) is 0 Å². The van der Waals surface area contributed by atoms with Gasteiger partial charge in [-0.25, -0.2) is 4.79 Å². The molecule has 1 aliphatic rings. The predicted molar refractivity (Wildman–Crippen MR) is 47.4 cm³/mol. The summed E-state index contributed by atoms with van der Waals surface area (Å²) in [6.07, 6.45) is 1.69. The second kappa shape index (κ2) is 2.60. The van der Waals surface area contributed by atoms with Gasteiger partial charge in [0.15, 0.2) is 0 Å². The molecule has 0 fully saturated rings. The number of aromatic carboxylic acids is 1. The van der Waals surface area contributed by atoms with Crippen molar-refractivity contribution in [3.63, 3.8) is 0 Å². The first-order valence-corrected chi connectivity index (χ1v) is 4.20. The summed E-state index contributed by atoms with van der Waals surface area (Å²) < 4.78 is 0. The number of carbonyl (C=O) groups is 1. The van der Waals surface area contributed by atoms with Gasteiger partial charge in [-0.1, -0.05) is 0 Å². The van der Waals surface area contributed by atoms with Crippen molar-refractivity contribution in [3.05, 3.63) is 16.5 Å². The van der Waals surface area contributed by atoms with E-state index in [1.54, 1.807) is 12.3 Å². The van der Waals surface area contributed by atoms with E-state index in [0.29, 0.717) is 11.5 Å². The van der Waals surface area contributed by atoms with Gasteiger partial charge in [0.2, 0.25) is 0 Å². The van der Waals surface area contributed by atoms with E-state index in [2.05, 4.69) is 10.3 Å². The molecular weight excluding hydrogens is 176 g/mol. The van der Waals surface area contributed by atoms with Gasteiger partial charge in [-0.2, -0.15) is 0 Å². The lowest BCUT2D eigenvalue weighted by molar-refractivity contribution is 0.0702. The third-order valence-electron chi connectivity index (χ3n) is 1.53. The molecule has 2 rings (SSSR count). The first kappa shape index (κ1) is 7.30. The van der Waals surface area contributed by atoms with Crippen LogP contribution in [-0.2, 0) is 0 Å². The van der Waals surface area contributed by atoms with Gasteiger partial charge in [0.1, 0.15) is 11.5 Å². The molecule has 0 aromatic carbocycles. The molecule has 0 bridgehead atoms. The van der Waals surface area contributed by atoms with Crippen LogP contribution >= 0.6 is 11.3 Å². The van der Waals surface area contributed by atoms with Crippen LogP contribution in [0.3, 0.4) is 0 Å². The average Bonchev–Trinajstić information content (AvgIpc) is 2.46. The Morgan fingerprint density at radius 3 is 3.25 bits per heavy atom. The SMILES string of the molecule is O=C(O)c1cc2c(s1)NCN=C2. The quantitative estimate of drug-likeness (QED) is 0.687.